The summed E-state index contributed by atoms with van der Waals surface area (Å²) in [4.78, 5) is 8.84. The average Bonchev–Trinajstić information content (AvgIpc) is 3.08. The highest BCUT2D eigenvalue weighted by atomic mass is 35.5. The molecule has 94 valence electrons. The van der Waals surface area contributed by atoms with Crippen molar-refractivity contribution < 1.29 is 4.52 Å². The van der Waals surface area contributed by atoms with Crippen LogP contribution in [0, 0.1) is 6.92 Å². The highest BCUT2D eigenvalue weighted by Crippen LogP contribution is 2.39. The first-order valence-electron chi connectivity index (χ1n) is 5.91. The zero-order valence-electron chi connectivity index (χ0n) is 9.98. The van der Waals surface area contributed by atoms with Crippen LogP contribution in [0.25, 0.3) is 0 Å². The summed E-state index contributed by atoms with van der Waals surface area (Å²) in [5.41, 5.74) is 0.862. The Morgan fingerprint density at radius 3 is 2.94 bits per heavy atom. The first-order chi connectivity index (χ1) is 8.74. The van der Waals surface area contributed by atoms with Gasteiger partial charge < -0.3 is 9.84 Å². The van der Waals surface area contributed by atoms with Crippen LogP contribution in [0.3, 0.4) is 0 Å². The Labute approximate surface area is 110 Å². The first-order valence-corrected chi connectivity index (χ1v) is 6.29. The van der Waals surface area contributed by atoms with Gasteiger partial charge in [0.25, 0.3) is 0 Å². The minimum atomic E-state index is 0.480. The molecule has 2 aromatic heterocycles. The molecule has 1 aliphatic rings. The third-order valence-corrected chi connectivity index (χ3v) is 3.34. The fourth-order valence-corrected chi connectivity index (χ4v) is 1.88. The lowest BCUT2D eigenvalue weighted by atomic mass is 10.3. The van der Waals surface area contributed by atoms with E-state index in [1.807, 2.05) is 13.0 Å². The number of anilines is 1. The Bertz CT molecular complexity index is 551. The first kappa shape index (κ1) is 11.5. The quantitative estimate of drug-likeness (QED) is 0.860. The van der Waals surface area contributed by atoms with Gasteiger partial charge in [0.1, 0.15) is 16.8 Å². The summed E-state index contributed by atoms with van der Waals surface area (Å²) >= 11 is 6.12. The van der Waals surface area contributed by atoms with Gasteiger partial charge in [0.15, 0.2) is 5.76 Å². The van der Waals surface area contributed by atoms with Crippen molar-refractivity contribution in [1.82, 2.24) is 15.1 Å². The highest BCUT2D eigenvalue weighted by molar-refractivity contribution is 6.30. The predicted molar refractivity (Wildman–Crippen MR) is 67.6 cm³/mol. The number of nitrogens with one attached hydrogen (secondary N) is 1. The molecule has 0 atom stereocenters. The molecule has 1 fully saturated rings. The largest absolute Gasteiger partial charge is 0.362 e. The maximum Gasteiger partial charge on any atom is 0.155 e. The Balaban J connectivity index is 1.81. The van der Waals surface area contributed by atoms with Crippen molar-refractivity contribution in [2.75, 3.05) is 5.32 Å². The van der Waals surface area contributed by atoms with Gasteiger partial charge >= 0.3 is 0 Å². The summed E-state index contributed by atoms with van der Waals surface area (Å²) in [7, 11) is 0. The van der Waals surface area contributed by atoms with E-state index in [-0.39, 0.29) is 0 Å². The second-order valence-electron chi connectivity index (χ2n) is 4.45. The lowest BCUT2D eigenvalue weighted by Gasteiger charge is -2.09. The summed E-state index contributed by atoms with van der Waals surface area (Å²) in [5.74, 6) is 2.85. The van der Waals surface area contributed by atoms with Crippen LogP contribution >= 0.6 is 11.6 Å². The molecule has 0 amide bonds. The van der Waals surface area contributed by atoms with Crippen molar-refractivity contribution >= 4 is 17.4 Å². The lowest BCUT2D eigenvalue weighted by molar-refractivity contribution is 0.388. The number of aromatic nitrogens is 3. The van der Waals surface area contributed by atoms with Gasteiger partial charge in [0, 0.05) is 17.5 Å². The predicted octanol–water partition coefficient (Wildman–Crippen LogP) is 2.92. The number of hydrogen-bond acceptors (Lipinski definition) is 5. The fraction of sp³-hybridized carbons (Fsp3) is 0.417. The molecule has 0 saturated heterocycles. The standard InChI is InChI=1S/C12H13ClN4O/c1-7-10(13)16-12(8-2-3-8)17-11(7)14-6-9-4-5-15-18-9/h4-5,8H,2-3,6H2,1H3,(H,14,16,17). The minimum Gasteiger partial charge on any atom is -0.362 e. The fourth-order valence-electron chi connectivity index (χ4n) is 1.71. The Morgan fingerprint density at radius 2 is 2.28 bits per heavy atom. The van der Waals surface area contributed by atoms with Crippen molar-refractivity contribution in [2.45, 2.75) is 32.2 Å². The summed E-state index contributed by atoms with van der Waals surface area (Å²) < 4.78 is 5.03. The molecule has 0 radical (unpaired) electrons. The van der Waals surface area contributed by atoms with Crippen LogP contribution in [0.2, 0.25) is 5.15 Å². The van der Waals surface area contributed by atoms with E-state index in [2.05, 4.69) is 20.4 Å². The van der Waals surface area contributed by atoms with Gasteiger partial charge in [-0.3, -0.25) is 0 Å². The number of hydrogen-bond donors (Lipinski definition) is 1. The van der Waals surface area contributed by atoms with E-state index >= 15 is 0 Å². The number of halogens is 1. The molecule has 18 heavy (non-hydrogen) atoms. The third-order valence-electron chi connectivity index (χ3n) is 2.97. The van der Waals surface area contributed by atoms with Gasteiger partial charge in [0.2, 0.25) is 0 Å². The monoisotopic (exact) mass is 264 g/mol. The van der Waals surface area contributed by atoms with E-state index in [4.69, 9.17) is 16.1 Å². The molecule has 0 bridgehead atoms. The molecule has 1 saturated carbocycles. The summed E-state index contributed by atoms with van der Waals surface area (Å²) in [6.07, 6.45) is 3.92. The van der Waals surface area contributed by atoms with Gasteiger partial charge in [-0.15, -0.1) is 0 Å². The van der Waals surface area contributed by atoms with Crippen LogP contribution in [0.15, 0.2) is 16.8 Å². The van der Waals surface area contributed by atoms with Crippen LogP contribution in [-0.4, -0.2) is 15.1 Å². The van der Waals surface area contributed by atoms with Crippen LogP contribution in [0.1, 0.15) is 35.9 Å². The number of nitrogens with zero attached hydrogens (tertiary/aromatic N) is 3. The van der Waals surface area contributed by atoms with Crippen LogP contribution in [0.5, 0.6) is 0 Å². The molecular formula is C12H13ClN4O. The minimum absolute atomic E-state index is 0.480. The molecule has 0 aromatic carbocycles. The van der Waals surface area contributed by atoms with Crippen LogP contribution in [-0.2, 0) is 6.54 Å². The van der Waals surface area contributed by atoms with Crippen molar-refractivity contribution in [3.05, 3.63) is 34.6 Å². The molecule has 0 unspecified atom stereocenters. The SMILES string of the molecule is Cc1c(Cl)nc(C2CC2)nc1NCc1ccno1. The number of rotatable bonds is 4. The second-order valence-corrected chi connectivity index (χ2v) is 4.81. The van der Waals surface area contributed by atoms with Gasteiger partial charge in [0.05, 0.1) is 12.7 Å². The van der Waals surface area contributed by atoms with E-state index < -0.39 is 0 Å². The maximum atomic E-state index is 6.12. The van der Waals surface area contributed by atoms with Crippen molar-refractivity contribution in [3.8, 4) is 0 Å². The molecule has 0 aliphatic heterocycles. The van der Waals surface area contributed by atoms with E-state index in [0.717, 1.165) is 35.8 Å². The summed E-state index contributed by atoms with van der Waals surface area (Å²) in [5, 5.41) is 7.39. The topological polar surface area (TPSA) is 63.8 Å². The van der Waals surface area contributed by atoms with Gasteiger partial charge in [-0.1, -0.05) is 16.8 Å². The molecule has 1 aliphatic carbocycles. The second kappa shape index (κ2) is 4.57. The molecule has 6 heteroatoms. The molecule has 1 N–H and O–H groups in total. The Hall–Kier alpha value is -1.62. The van der Waals surface area contributed by atoms with Gasteiger partial charge in [-0.05, 0) is 19.8 Å². The normalized spacial score (nSPS) is 14.8. The van der Waals surface area contributed by atoms with Crippen molar-refractivity contribution in [2.24, 2.45) is 0 Å². The molecule has 0 spiro atoms. The van der Waals surface area contributed by atoms with E-state index in [9.17, 15) is 0 Å². The van der Waals surface area contributed by atoms with E-state index in [1.165, 1.54) is 0 Å². The third kappa shape index (κ3) is 2.31. The average molecular weight is 265 g/mol. The van der Waals surface area contributed by atoms with E-state index in [0.29, 0.717) is 17.6 Å². The maximum absolute atomic E-state index is 6.12. The molecule has 5 nitrogen and oxygen atoms in total. The highest BCUT2D eigenvalue weighted by Gasteiger charge is 2.28. The lowest BCUT2D eigenvalue weighted by Crippen LogP contribution is -2.06. The zero-order chi connectivity index (χ0) is 12.5. The molecular weight excluding hydrogens is 252 g/mol. The van der Waals surface area contributed by atoms with Gasteiger partial charge in [-0.2, -0.15) is 0 Å². The molecule has 2 heterocycles. The Morgan fingerprint density at radius 1 is 1.44 bits per heavy atom. The van der Waals surface area contributed by atoms with Crippen LogP contribution < -0.4 is 5.32 Å². The summed E-state index contributed by atoms with van der Waals surface area (Å²) in [6, 6.07) is 1.81. The van der Waals surface area contributed by atoms with Crippen molar-refractivity contribution in [3.63, 3.8) is 0 Å². The molecule has 3 rings (SSSR count). The molecule has 2 aromatic rings. The zero-order valence-corrected chi connectivity index (χ0v) is 10.7. The van der Waals surface area contributed by atoms with Gasteiger partial charge in [-0.25, -0.2) is 9.97 Å². The summed E-state index contributed by atoms with van der Waals surface area (Å²) in [6.45, 7) is 2.44. The van der Waals surface area contributed by atoms with E-state index in [1.54, 1.807) is 6.20 Å². The smallest absolute Gasteiger partial charge is 0.155 e. The van der Waals surface area contributed by atoms with Crippen LogP contribution in [0.4, 0.5) is 5.82 Å². The Kier molecular flexibility index (Phi) is 2.91. The van der Waals surface area contributed by atoms with Crippen molar-refractivity contribution in [1.29, 1.82) is 0 Å².